The predicted octanol–water partition coefficient (Wildman–Crippen LogP) is 4.38. The summed E-state index contributed by atoms with van der Waals surface area (Å²) in [7, 11) is 0. The van der Waals surface area contributed by atoms with E-state index in [0.717, 1.165) is 6.42 Å². The quantitative estimate of drug-likeness (QED) is 0.545. The molecule has 1 saturated carbocycles. The summed E-state index contributed by atoms with van der Waals surface area (Å²) in [4.78, 5) is 26.0. The van der Waals surface area contributed by atoms with Crippen molar-refractivity contribution in [1.82, 2.24) is 0 Å². The molecule has 0 aromatic rings. The van der Waals surface area contributed by atoms with E-state index in [1.165, 1.54) is 0 Å². The van der Waals surface area contributed by atoms with Crippen LogP contribution in [0.4, 0.5) is 0 Å². The fraction of sp³-hybridized carbons (Fsp3) is 0.810. The van der Waals surface area contributed by atoms with Crippen LogP contribution in [0, 0.1) is 34.0 Å². The normalized spacial score (nSPS) is 31.2. The average Bonchev–Trinajstić information content (AvgIpc) is 3.08. The van der Waals surface area contributed by atoms with E-state index in [1.807, 2.05) is 48.5 Å². The Morgan fingerprint density at radius 3 is 2.08 bits per heavy atom. The lowest BCUT2D eigenvalue weighted by molar-refractivity contribution is -0.174. The Hall–Kier alpha value is -1.32. The van der Waals surface area contributed by atoms with Crippen LogP contribution in [0.1, 0.15) is 61.3 Å². The topological polar surface area (TPSA) is 52.6 Å². The zero-order valence-corrected chi connectivity index (χ0v) is 16.8. The van der Waals surface area contributed by atoms with Crippen LogP contribution >= 0.6 is 0 Å². The first-order valence-electron chi connectivity index (χ1n) is 9.43. The highest BCUT2D eigenvalue weighted by molar-refractivity contribution is 5.88. The maximum absolute atomic E-state index is 13.1. The van der Waals surface area contributed by atoms with Crippen molar-refractivity contribution >= 4 is 11.9 Å². The van der Waals surface area contributed by atoms with Crippen molar-refractivity contribution in [2.75, 3.05) is 13.2 Å². The van der Waals surface area contributed by atoms with Crippen LogP contribution in [-0.4, -0.2) is 25.2 Å². The molecule has 0 aromatic heterocycles. The number of rotatable bonds is 5. The Balaban J connectivity index is 2.22. The molecule has 4 heteroatoms. The molecule has 4 atom stereocenters. The van der Waals surface area contributed by atoms with Gasteiger partial charge in [0.2, 0.25) is 0 Å². The number of fused-ring (bicyclic) bond motifs is 2. The molecule has 0 saturated heterocycles. The number of carbonyl (C=O) groups excluding carboxylic acids is 2. The summed E-state index contributed by atoms with van der Waals surface area (Å²) in [5.41, 5.74) is -0.968. The van der Waals surface area contributed by atoms with Crippen molar-refractivity contribution in [3.05, 3.63) is 12.2 Å². The van der Waals surface area contributed by atoms with E-state index < -0.39 is 11.3 Å². The van der Waals surface area contributed by atoms with E-state index in [0.29, 0.717) is 19.6 Å². The molecule has 0 aliphatic heterocycles. The van der Waals surface area contributed by atoms with E-state index in [-0.39, 0.29) is 34.6 Å². The van der Waals surface area contributed by atoms with Crippen molar-refractivity contribution in [2.45, 2.75) is 61.3 Å². The SMILES string of the molecule is CCC1(C(=O)OCC(C)(C)C)C2C=CC(C2)C1C(=O)OCC(C)(C)C. The maximum Gasteiger partial charge on any atom is 0.313 e. The number of carbonyl (C=O) groups is 2. The molecule has 4 unspecified atom stereocenters. The van der Waals surface area contributed by atoms with E-state index in [1.54, 1.807) is 0 Å². The lowest BCUT2D eigenvalue weighted by Gasteiger charge is -2.38. The van der Waals surface area contributed by atoms with Gasteiger partial charge in [0.05, 0.1) is 24.5 Å². The number of ether oxygens (including phenoxy) is 2. The second-order valence-electron chi connectivity index (χ2n) is 10.1. The smallest absolute Gasteiger partial charge is 0.313 e. The van der Waals surface area contributed by atoms with Crippen LogP contribution in [0.15, 0.2) is 12.2 Å². The molecule has 142 valence electrons. The second kappa shape index (κ2) is 6.77. The maximum atomic E-state index is 13.1. The Kier molecular flexibility index (Phi) is 5.42. The molecule has 0 radical (unpaired) electrons. The lowest BCUT2D eigenvalue weighted by atomic mass is 9.66. The minimum atomic E-state index is -0.778. The second-order valence-corrected chi connectivity index (χ2v) is 10.1. The molecular weight excluding hydrogens is 316 g/mol. The third kappa shape index (κ3) is 4.09. The van der Waals surface area contributed by atoms with Crippen molar-refractivity contribution in [1.29, 1.82) is 0 Å². The van der Waals surface area contributed by atoms with Crippen molar-refractivity contribution < 1.29 is 19.1 Å². The summed E-state index contributed by atoms with van der Waals surface area (Å²) < 4.78 is 11.3. The molecule has 2 bridgehead atoms. The molecule has 0 spiro atoms. The van der Waals surface area contributed by atoms with Crippen LogP contribution in [0.25, 0.3) is 0 Å². The molecule has 0 amide bonds. The van der Waals surface area contributed by atoms with Crippen molar-refractivity contribution in [2.24, 2.45) is 34.0 Å². The minimum Gasteiger partial charge on any atom is -0.465 e. The number of allylic oxidation sites excluding steroid dienone is 2. The van der Waals surface area contributed by atoms with Gasteiger partial charge in [0, 0.05) is 0 Å². The highest BCUT2D eigenvalue weighted by Crippen LogP contribution is 2.59. The first-order valence-corrected chi connectivity index (χ1v) is 9.43. The van der Waals surface area contributed by atoms with Gasteiger partial charge in [0.1, 0.15) is 0 Å². The summed E-state index contributed by atoms with van der Waals surface area (Å²) in [6.07, 6.45) is 5.61. The highest BCUT2D eigenvalue weighted by atomic mass is 16.5. The molecule has 4 nitrogen and oxygen atoms in total. The first-order chi connectivity index (χ1) is 11.4. The third-order valence-electron chi connectivity index (χ3n) is 5.26. The van der Waals surface area contributed by atoms with Crippen LogP contribution in [0.5, 0.6) is 0 Å². The zero-order valence-electron chi connectivity index (χ0n) is 16.8. The van der Waals surface area contributed by atoms with Crippen LogP contribution in [-0.2, 0) is 19.1 Å². The van der Waals surface area contributed by atoms with E-state index in [2.05, 4.69) is 12.2 Å². The molecule has 2 rings (SSSR count). The van der Waals surface area contributed by atoms with Crippen molar-refractivity contribution in [3.8, 4) is 0 Å². The predicted molar refractivity (Wildman–Crippen MR) is 97.8 cm³/mol. The average molecular weight is 350 g/mol. The first kappa shape index (κ1) is 20.0. The fourth-order valence-corrected chi connectivity index (χ4v) is 4.05. The Morgan fingerprint density at radius 1 is 1.00 bits per heavy atom. The number of hydrogen-bond acceptors (Lipinski definition) is 4. The van der Waals surface area contributed by atoms with E-state index in [4.69, 9.17) is 9.47 Å². The summed E-state index contributed by atoms with van der Waals surface area (Å²) in [5.74, 6) is -0.759. The number of esters is 2. The summed E-state index contributed by atoms with van der Waals surface area (Å²) in [5, 5.41) is 0. The molecule has 0 aromatic carbocycles. The van der Waals surface area contributed by atoms with Crippen molar-refractivity contribution in [3.63, 3.8) is 0 Å². The molecule has 0 heterocycles. The van der Waals surface area contributed by atoms with Gasteiger partial charge in [-0.2, -0.15) is 0 Å². The molecule has 1 fully saturated rings. The molecule has 0 N–H and O–H groups in total. The summed E-state index contributed by atoms with van der Waals surface area (Å²) in [6, 6.07) is 0. The fourth-order valence-electron chi connectivity index (χ4n) is 4.05. The Bertz CT molecular complexity index is 549. The number of hydrogen-bond donors (Lipinski definition) is 0. The van der Waals surface area contributed by atoms with Gasteiger partial charge < -0.3 is 9.47 Å². The molecule has 25 heavy (non-hydrogen) atoms. The standard InChI is InChI=1S/C21H34O4/c1-8-21(18(23)25-13-20(5,6)7)15-10-9-14(11-15)16(21)17(22)24-12-19(2,3)4/h9-10,14-16H,8,11-13H2,1-7H3. The van der Waals surface area contributed by atoms with Crippen LogP contribution in [0.2, 0.25) is 0 Å². The monoisotopic (exact) mass is 350 g/mol. The molecule has 2 aliphatic rings. The molecule has 2 aliphatic carbocycles. The van der Waals surface area contributed by atoms with Gasteiger partial charge in [-0.3, -0.25) is 9.59 Å². The van der Waals surface area contributed by atoms with Gasteiger partial charge in [-0.25, -0.2) is 0 Å². The third-order valence-corrected chi connectivity index (χ3v) is 5.26. The molecular formula is C21H34O4. The summed E-state index contributed by atoms with van der Waals surface area (Å²) >= 11 is 0. The van der Waals surface area contributed by atoms with E-state index >= 15 is 0 Å². The largest absolute Gasteiger partial charge is 0.465 e. The Labute approximate surface area is 152 Å². The van der Waals surface area contributed by atoms with Gasteiger partial charge in [-0.15, -0.1) is 0 Å². The van der Waals surface area contributed by atoms with Gasteiger partial charge in [0.25, 0.3) is 0 Å². The van der Waals surface area contributed by atoms with Crippen LogP contribution in [0.3, 0.4) is 0 Å². The summed E-state index contributed by atoms with van der Waals surface area (Å²) in [6.45, 7) is 14.9. The van der Waals surface area contributed by atoms with Gasteiger partial charge >= 0.3 is 11.9 Å². The van der Waals surface area contributed by atoms with Gasteiger partial charge in [-0.1, -0.05) is 60.6 Å². The lowest BCUT2D eigenvalue weighted by Crippen LogP contribution is -2.47. The Morgan fingerprint density at radius 2 is 1.56 bits per heavy atom. The van der Waals surface area contributed by atoms with Gasteiger partial charge in [0.15, 0.2) is 0 Å². The van der Waals surface area contributed by atoms with Gasteiger partial charge in [-0.05, 0) is 35.5 Å². The minimum absolute atomic E-state index is 0.0714. The highest BCUT2D eigenvalue weighted by Gasteiger charge is 2.63. The van der Waals surface area contributed by atoms with E-state index in [9.17, 15) is 9.59 Å². The van der Waals surface area contributed by atoms with Crippen LogP contribution < -0.4 is 0 Å². The zero-order chi connectivity index (χ0) is 19.0.